The molecule has 0 saturated carbocycles. The van der Waals surface area contributed by atoms with E-state index in [2.05, 4.69) is 27.7 Å². The standard InChI is InChI=1S/C16H36N.H2O3S/c1-5-9-13-17(14-10-6-2,15-11-7-3)16-12-8-4;1-4(2)3/h5-16H2,1-4H3;(H2,1,2,3)/q+1;/p-2. The van der Waals surface area contributed by atoms with Gasteiger partial charge < -0.3 is 13.6 Å². The largest absolute Gasteiger partial charge is 0.784 e. The molecular weight excluding hydrogens is 286 g/mol. The number of nitrogens with zero attached hydrogens (tertiary/aromatic N) is 1. The zero-order chi connectivity index (χ0) is 16.6. The lowest BCUT2D eigenvalue weighted by Crippen LogP contribution is -2.50. The maximum atomic E-state index is 8.44. The number of rotatable bonds is 12. The lowest BCUT2D eigenvalue weighted by Gasteiger charge is -2.39. The van der Waals surface area contributed by atoms with Crippen LogP contribution in [0, 0.1) is 0 Å². The summed E-state index contributed by atoms with van der Waals surface area (Å²) in [6.45, 7) is 15.0. The molecule has 0 aromatic carbocycles. The van der Waals surface area contributed by atoms with Gasteiger partial charge in [0, 0.05) is 0 Å². The highest BCUT2D eigenvalue weighted by atomic mass is 32.2. The van der Waals surface area contributed by atoms with Gasteiger partial charge in [-0.15, -0.1) is 11.4 Å². The van der Waals surface area contributed by atoms with Gasteiger partial charge in [0.2, 0.25) is 0 Å². The average Bonchev–Trinajstić information content (AvgIpc) is 2.45. The Bertz CT molecular complexity index is 196. The minimum atomic E-state index is -3.11. The zero-order valence-electron chi connectivity index (χ0n) is 14.6. The molecule has 0 rings (SSSR count). The Morgan fingerprint density at radius 1 is 0.667 bits per heavy atom. The molecule has 0 aliphatic rings. The second-order valence-electron chi connectivity index (χ2n) is 5.85. The topological polar surface area (TPSA) is 63.2 Å². The number of hydrogen-bond acceptors (Lipinski definition) is 3. The van der Waals surface area contributed by atoms with Crippen LogP contribution in [-0.4, -0.2) is 44.0 Å². The van der Waals surface area contributed by atoms with Crippen molar-refractivity contribution in [2.45, 2.75) is 79.1 Å². The molecule has 0 aliphatic heterocycles. The Labute approximate surface area is 135 Å². The van der Waals surface area contributed by atoms with Gasteiger partial charge in [-0.05, 0) is 25.7 Å². The van der Waals surface area contributed by atoms with Crippen molar-refractivity contribution in [2.24, 2.45) is 0 Å². The van der Waals surface area contributed by atoms with Crippen LogP contribution in [0.4, 0.5) is 0 Å². The van der Waals surface area contributed by atoms with Gasteiger partial charge in [0.05, 0.1) is 26.2 Å². The SMILES string of the molecule is CCCC[N+](CCCC)(CCCC)CCCC.O=S([O-])[O-]. The first-order chi connectivity index (χ1) is 9.97. The summed E-state index contributed by atoms with van der Waals surface area (Å²) in [5.41, 5.74) is 0. The molecule has 0 bridgehead atoms. The molecule has 130 valence electrons. The third kappa shape index (κ3) is 16.2. The number of unbranched alkanes of at least 4 members (excludes halogenated alkanes) is 4. The van der Waals surface area contributed by atoms with Crippen molar-refractivity contribution in [1.82, 2.24) is 0 Å². The van der Waals surface area contributed by atoms with Crippen LogP contribution in [-0.2, 0) is 11.4 Å². The number of hydrogen-bond donors (Lipinski definition) is 0. The third-order valence-electron chi connectivity index (χ3n) is 3.94. The molecule has 0 aromatic rings. The van der Waals surface area contributed by atoms with E-state index < -0.39 is 11.4 Å². The fourth-order valence-electron chi connectivity index (χ4n) is 2.64. The summed E-state index contributed by atoms with van der Waals surface area (Å²) in [4.78, 5) is 0. The summed E-state index contributed by atoms with van der Waals surface area (Å²) in [6, 6.07) is 0. The first kappa shape index (κ1) is 23.3. The summed E-state index contributed by atoms with van der Waals surface area (Å²) in [5, 5.41) is 0. The van der Waals surface area contributed by atoms with Crippen molar-refractivity contribution in [2.75, 3.05) is 26.2 Å². The van der Waals surface area contributed by atoms with E-state index >= 15 is 0 Å². The van der Waals surface area contributed by atoms with Gasteiger partial charge in [-0.1, -0.05) is 53.4 Å². The van der Waals surface area contributed by atoms with Crippen LogP contribution >= 0.6 is 0 Å². The minimum Gasteiger partial charge on any atom is -0.784 e. The second kappa shape index (κ2) is 16.4. The fourth-order valence-corrected chi connectivity index (χ4v) is 2.64. The van der Waals surface area contributed by atoms with E-state index in [-0.39, 0.29) is 0 Å². The van der Waals surface area contributed by atoms with Gasteiger partial charge in [0.1, 0.15) is 0 Å². The van der Waals surface area contributed by atoms with E-state index in [1.165, 1.54) is 82.0 Å². The van der Waals surface area contributed by atoms with E-state index in [4.69, 9.17) is 13.3 Å². The van der Waals surface area contributed by atoms with Gasteiger partial charge in [-0.25, -0.2) is 0 Å². The summed E-state index contributed by atoms with van der Waals surface area (Å²) in [6.07, 6.45) is 11.1. The first-order valence-corrected chi connectivity index (χ1v) is 9.59. The summed E-state index contributed by atoms with van der Waals surface area (Å²) >= 11 is -3.11. The van der Waals surface area contributed by atoms with Crippen LogP contribution in [0.1, 0.15) is 79.1 Å². The molecular formula is C16H36NO3S-. The molecule has 21 heavy (non-hydrogen) atoms. The van der Waals surface area contributed by atoms with Gasteiger partial charge in [-0.2, -0.15) is 0 Å². The predicted molar refractivity (Wildman–Crippen MR) is 89.1 cm³/mol. The average molecular weight is 323 g/mol. The van der Waals surface area contributed by atoms with Crippen LogP contribution in [0.5, 0.6) is 0 Å². The molecule has 0 atom stereocenters. The molecule has 0 amide bonds. The van der Waals surface area contributed by atoms with Crippen molar-refractivity contribution in [3.8, 4) is 0 Å². The molecule has 0 N–H and O–H groups in total. The van der Waals surface area contributed by atoms with Crippen LogP contribution in [0.25, 0.3) is 0 Å². The normalized spacial score (nSPS) is 11.4. The second-order valence-corrected chi connectivity index (χ2v) is 6.26. The fraction of sp³-hybridized carbons (Fsp3) is 1.00. The van der Waals surface area contributed by atoms with Crippen LogP contribution in [0.15, 0.2) is 0 Å². The summed E-state index contributed by atoms with van der Waals surface area (Å²) in [5.74, 6) is 0. The van der Waals surface area contributed by atoms with Crippen molar-refractivity contribution >= 4 is 11.4 Å². The highest BCUT2D eigenvalue weighted by Crippen LogP contribution is 2.16. The van der Waals surface area contributed by atoms with Gasteiger partial charge in [0.25, 0.3) is 0 Å². The van der Waals surface area contributed by atoms with Crippen LogP contribution in [0.3, 0.4) is 0 Å². The molecule has 0 radical (unpaired) electrons. The van der Waals surface area contributed by atoms with Crippen molar-refractivity contribution in [1.29, 1.82) is 0 Å². The monoisotopic (exact) mass is 322 g/mol. The molecule has 0 unspecified atom stereocenters. The number of quaternary nitrogens is 1. The Morgan fingerprint density at radius 3 is 1.00 bits per heavy atom. The highest BCUT2D eigenvalue weighted by Gasteiger charge is 2.24. The van der Waals surface area contributed by atoms with Crippen molar-refractivity contribution in [3.05, 3.63) is 0 Å². The summed E-state index contributed by atoms with van der Waals surface area (Å²) in [7, 11) is 0. The maximum Gasteiger partial charge on any atom is 0.0786 e. The molecule has 0 heterocycles. The predicted octanol–water partition coefficient (Wildman–Crippen LogP) is 4.00. The lowest BCUT2D eigenvalue weighted by molar-refractivity contribution is -0.929. The Hall–Kier alpha value is 0.0300. The molecule has 0 aromatic heterocycles. The summed E-state index contributed by atoms with van der Waals surface area (Å²) < 4.78 is 26.8. The van der Waals surface area contributed by atoms with E-state index in [1.807, 2.05) is 0 Å². The van der Waals surface area contributed by atoms with Gasteiger partial charge in [0.15, 0.2) is 0 Å². The maximum absolute atomic E-state index is 8.44. The van der Waals surface area contributed by atoms with E-state index in [0.29, 0.717) is 0 Å². The van der Waals surface area contributed by atoms with Gasteiger partial charge in [-0.3, -0.25) is 4.21 Å². The highest BCUT2D eigenvalue weighted by molar-refractivity contribution is 7.72. The smallest absolute Gasteiger partial charge is 0.0786 e. The van der Waals surface area contributed by atoms with Crippen molar-refractivity contribution < 1.29 is 17.8 Å². The zero-order valence-corrected chi connectivity index (χ0v) is 15.4. The molecule has 0 fully saturated rings. The molecule has 4 nitrogen and oxygen atoms in total. The Kier molecular flexibility index (Phi) is 18.2. The molecule has 0 saturated heterocycles. The Morgan fingerprint density at radius 2 is 0.857 bits per heavy atom. The Balaban J connectivity index is 0. The van der Waals surface area contributed by atoms with E-state index in [0.717, 1.165) is 0 Å². The van der Waals surface area contributed by atoms with Crippen LogP contribution in [0.2, 0.25) is 0 Å². The van der Waals surface area contributed by atoms with Crippen LogP contribution < -0.4 is 0 Å². The third-order valence-corrected chi connectivity index (χ3v) is 3.94. The lowest BCUT2D eigenvalue weighted by atomic mass is 10.1. The van der Waals surface area contributed by atoms with E-state index in [1.54, 1.807) is 0 Å². The quantitative estimate of drug-likeness (QED) is 0.403. The minimum absolute atomic E-state index is 1.35. The molecule has 5 heteroatoms. The molecule has 0 aliphatic carbocycles. The van der Waals surface area contributed by atoms with Crippen molar-refractivity contribution in [3.63, 3.8) is 0 Å². The van der Waals surface area contributed by atoms with E-state index in [9.17, 15) is 0 Å². The molecule has 0 spiro atoms. The first-order valence-electron chi connectivity index (χ1n) is 8.59. The van der Waals surface area contributed by atoms with Gasteiger partial charge >= 0.3 is 0 Å².